The summed E-state index contributed by atoms with van der Waals surface area (Å²) in [5.74, 6) is 0.675. The molecule has 1 amide bonds. The Kier molecular flexibility index (Phi) is 4.83. The summed E-state index contributed by atoms with van der Waals surface area (Å²) in [4.78, 5) is 14.7. The van der Waals surface area contributed by atoms with Gasteiger partial charge in [-0.2, -0.15) is 10.2 Å². The molecule has 0 saturated carbocycles. The normalized spacial score (nSPS) is 15.0. The first kappa shape index (κ1) is 18.6. The van der Waals surface area contributed by atoms with Crippen molar-refractivity contribution in [3.05, 3.63) is 72.2 Å². The van der Waals surface area contributed by atoms with Gasteiger partial charge in [-0.15, -0.1) is 0 Å². The quantitative estimate of drug-likeness (QED) is 0.557. The van der Waals surface area contributed by atoms with Crippen molar-refractivity contribution in [1.29, 1.82) is 0 Å². The molecule has 2 aromatic heterocycles. The zero-order valence-corrected chi connectivity index (χ0v) is 17.1. The van der Waals surface area contributed by atoms with Gasteiger partial charge in [0.1, 0.15) is 0 Å². The van der Waals surface area contributed by atoms with Gasteiger partial charge < -0.3 is 4.90 Å². The van der Waals surface area contributed by atoms with Crippen LogP contribution in [0.4, 0.5) is 0 Å². The van der Waals surface area contributed by atoms with Crippen LogP contribution in [0, 0.1) is 12.8 Å². The average molecular weight is 399 g/mol. The molecular formula is C24H25N5O. The molecule has 1 saturated heterocycles. The third-order valence-electron chi connectivity index (χ3n) is 6.10. The molecule has 0 atom stereocenters. The van der Waals surface area contributed by atoms with Crippen molar-refractivity contribution in [2.75, 3.05) is 13.1 Å². The number of benzene rings is 2. The Labute approximate surface area is 175 Å². The van der Waals surface area contributed by atoms with E-state index < -0.39 is 0 Å². The van der Waals surface area contributed by atoms with Crippen molar-refractivity contribution in [2.45, 2.75) is 26.3 Å². The van der Waals surface area contributed by atoms with Gasteiger partial charge in [-0.3, -0.25) is 14.6 Å². The monoisotopic (exact) mass is 399 g/mol. The van der Waals surface area contributed by atoms with Crippen LogP contribution >= 0.6 is 0 Å². The number of nitrogens with zero attached hydrogens (tertiary/aromatic N) is 4. The number of fused-ring (bicyclic) bond motifs is 1. The van der Waals surface area contributed by atoms with E-state index in [2.05, 4.69) is 38.2 Å². The highest BCUT2D eigenvalue weighted by atomic mass is 16.2. The zero-order chi connectivity index (χ0) is 20.5. The number of piperidine rings is 1. The van der Waals surface area contributed by atoms with Gasteiger partial charge in [-0.1, -0.05) is 23.8 Å². The maximum atomic E-state index is 12.7. The lowest BCUT2D eigenvalue weighted by Gasteiger charge is -2.32. The van der Waals surface area contributed by atoms with Crippen LogP contribution < -0.4 is 0 Å². The van der Waals surface area contributed by atoms with Gasteiger partial charge in [-0.05, 0) is 55.5 Å². The van der Waals surface area contributed by atoms with Gasteiger partial charge in [0, 0.05) is 42.3 Å². The van der Waals surface area contributed by atoms with E-state index in [1.54, 1.807) is 0 Å². The predicted octanol–water partition coefficient (Wildman–Crippen LogP) is 4.29. The van der Waals surface area contributed by atoms with Crippen molar-refractivity contribution in [1.82, 2.24) is 24.9 Å². The molecule has 0 unspecified atom stereocenters. The van der Waals surface area contributed by atoms with Crippen molar-refractivity contribution in [3.63, 3.8) is 0 Å². The first-order chi connectivity index (χ1) is 14.7. The molecule has 1 aliphatic rings. The van der Waals surface area contributed by atoms with Gasteiger partial charge in [0.15, 0.2) is 0 Å². The minimum absolute atomic E-state index is 0.143. The van der Waals surface area contributed by atoms with Gasteiger partial charge >= 0.3 is 0 Å². The first-order valence-corrected chi connectivity index (χ1v) is 10.5. The number of hydrogen-bond acceptors (Lipinski definition) is 3. The van der Waals surface area contributed by atoms with E-state index in [9.17, 15) is 4.79 Å². The SMILES string of the molecule is Cc1ccc(C(=O)N2CCC(Cn3ncc4cc(-c5cn[nH]c5)ccc43)CC2)cc1. The molecule has 4 aromatic rings. The molecule has 1 aliphatic heterocycles. The molecule has 1 N–H and O–H groups in total. The molecule has 0 aliphatic carbocycles. The summed E-state index contributed by atoms with van der Waals surface area (Å²) in [5.41, 5.74) is 5.33. The summed E-state index contributed by atoms with van der Waals surface area (Å²) in [7, 11) is 0. The zero-order valence-electron chi connectivity index (χ0n) is 17.1. The van der Waals surface area contributed by atoms with E-state index in [-0.39, 0.29) is 5.91 Å². The van der Waals surface area contributed by atoms with Crippen LogP contribution in [0.5, 0.6) is 0 Å². The van der Waals surface area contributed by atoms with Crippen LogP contribution in [-0.2, 0) is 6.54 Å². The molecular weight excluding hydrogens is 374 g/mol. The molecule has 0 spiro atoms. The third-order valence-corrected chi connectivity index (χ3v) is 6.10. The van der Waals surface area contributed by atoms with Gasteiger partial charge in [0.05, 0.1) is 17.9 Å². The second kappa shape index (κ2) is 7.78. The number of H-pyrrole nitrogens is 1. The summed E-state index contributed by atoms with van der Waals surface area (Å²) >= 11 is 0. The Morgan fingerprint density at radius 1 is 1.07 bits per heavy atom. The fourth-order valence-corrected chi connectivity index (χ4v) is 4.26. The fourth-order valence-electron chi connectivity index (χ4n) is 4.26. The molecule has 6 heteroatoms. The number of aryl methyl sites for hydroxylation is 1. The fraction of sp³-hybridized carbons (Fsp3) is 0.292. The number of aromatic nitrogens is 4. The van der Waals surface area contributed by atoms with Crippen molar-refractivity contribution in [3.8, 4) is 11.1 Å². The molecule has 3 heterocycles. The van der Waals surface area contributed by atoms with E-state index in [1.165, 1.54) is 5.56 Å². The van der Waals surface area contributed by atoms with E-state index in [4.69, 9.17) is 0 Å². The molecule has 30 heavy (non-hydrogen) atoms. The van der Waals surface area contributed by atoms with Crippen molar-refractivity contribution < 1.29 is 4.79 Å². The van der Waals surface area contributed by atoms with Crippen molar-refractivity contribution in [2.24, 2.45) is 5.92 Å². The highest BCUT2D eigenvalue weighted by molar-refractivity contribution is 5.94. The summed E-state index contributed by atoms with van der Waals surface area (Å²) in [6.07, 6.45) is 7.68. The van der Waals surface area contributed by atoms with Crippen LogP contribution in [0.3, 0.4) is 0 Å². The maximum absolute atomic E-state index is 12.7. The summed E-state index contributed by atoms with van der Waals surface area (Å²) < 4.78 is 2.11. The molecule has 2 aromatic carbocycles. The van der Waals surface area contributed by atoms with Gasteiger partial charge in [-0.25, -0.2) is 0 Å². The van der Waals surface area contributed by atoms with Crippen LogP contribution in [-0.4, -0.2) is 43.9 Å². The topological polar surface area (TPSA) is 66.8 Å². The second-order valence-corrected chi connectivity index (χ2v) is 8.19. The highest BCUT2D eigenvalue weighted by Gasteiger charge is 2.24. The molecule has 0 bridgehead atoms. The molecule has 6 nitrogen and oxygen atoms in total. The summed E-state index contributed by atoms with van der Waals surface area (Å²) in [5, 5.41) is 12.7. The molecule has 5 rings (SSSR count). The molecule has 152 valence electrons. The Hall–Kier alpha value is -3.41. The Morgan fingerprint density at radius 3 is 2.60 bits per heavy atom. The second-order valence-electron chi connectivity index (χ2n) is 8.19. The number of hydrogen-bond donors (Lipinski definition) is 1. The van der Waals surface area contributed by atoms with E-state index in [1.807, 2.05) is 54.7 Å². The maximum Gasteiger partial charge on any atom is 0.253 e. The lowest BCUT2D eigenvalue weighted by atomic mass is 9.96. The number of amides is 1. The smallest absolute Gasteiger partial charge is 0.253 e. The minimum Gasteiger partial charge on any atom is -0.339 e. The summed E-state index contributed by atoms with van der Waals surface area (Å²) in [6.45, 7) is 4.54. The Bertz CT molecular complexity index is 1150. The van der Waals surface area contributed by atoms with Crippen LogP contribution in [0.25, 0.3) is 22.0 Å². The minimum atomic E-state index is 0.143. The number of likely N-dealkylation sites (tertiary alicyclic amines) is 1. The van der Waals surface area contributed by atoms with E-state index in [0.717, 1.165) is 60.1 Å². The number of rotatable bonds is 4. The van der Waals surface area contributed by atoms with Crippen LogP contribution in [0.1, 0.15) is 28.8 Å². The van der Waals surface area contributed by atoms with E-state index >= 15 is 0 Å². The van der Waals surface area contributed by atoms with Crippen LogP contribution in [0.2, 0.25) is 0 Å². The standard InChI is InChI=1S/C24H25N5O/c1-17-2-4-19(5-3-17)24(30)28-10-8-18(9-11-28)16-29-23-7-6-20(12-21(23)15-27-29)22-13-25-26-14-22/h2-7,12-15,18H,8-11,16H2,1H3,(H,25,26). The Morgan fingerprint density at radius 2 is 1.87 bits per heavy atom. The van der Waals surface area contributed by atoms with Gasteiger partial charge in [0.2, 0.25) is 0 Å². The number of aromatic amines is 1. The van der Waals surface area contributed by atoms with Gasteiger partial charge in [0.25, 0.3) is 5.91 Å². The lowest BCUT2D eigenvalue weighted by molar-refractivity contribution is 0.0682. The number of carbonyl (C=O) groups excluding carboxylic acids is 1. The number of carbonyl (C=O) groups is 1. The third kappa shape index (κ3) is 3.61. The number of nitrogens with one attached hydrogen (secondary N) is 1. The largest absolute Gasteiger partial charge is 0.339 e. The molecule has 1 fully saturated rings. The van der Waals surface area contributed by atoms with Crippen molar-refractivity contribution >= 4 is 16.8 Å². The average Bonchev–Trinajstić information content (AvgIpc) is 3.45. The van der Waals surface area contributed by atoms with E-state index in [0.29, 0.717) is 5.92 Å². The Balaban J connectivity index is 1.24. The predicted molar refractivity (Wildman–Crippen MR) is 117 cm³/mol. The highest BCUT2D eigenvalue weighted by Crippen LogP contribution is 2.26. The first-order valence-electron chi connectivity index (χ1n) is 10.5. The van der Waals surface area contributed by atoms with Crippen LogP contribution in [0.15, 0.2) is 61.1 Å². The summed E-state index contributed by atoms with van der Waals surface area (Å²) in [6, 6.07) is 14.3. The lowest BCUT2D eigenvalue weighted by Crippen LogP contribution is -2.39. The molecule has 0 radical (unpaired) electrons.